The first-order valence-electron chi connectivity index (χ1n) is 17.1. The molecule has 1 aromatic heterocycles. The number of benzene rings is 3. The molecule has 0 aliphatic carbocycles. The number of methoxy groups -OCH3 is 1. The summed E-state index contributed by atoms with van der Waals surface area (Å²) in [5.74, 6) is -3.73. The molecule has 55 heavy (non-hydrogen) atoms. The predicted molar refractivity (Wildman–Crippen MR) is 198 cm³/mol. The molecule has 0 spiro atoms. The second-order valence-electron chi connectivity index (χ2n) is 13.7. The van der Waals surface area contributed by atoms with Gasteiger partial charge in [0.15, 0.2) is 28.2 Å². The first-order valence-corrected chi connectivity index (χ1v) is 18.3. The van der Waals surface area contributed by atoms with Crippen LogP contribution in [-0.4, -0.2) is 89.6 Å². The molecule has 286 valence electrons. The molecule has 7 rings (SSSR count). The van der Waals surface area contributed by atoms with Crippen molar-refractivity contribution in [3.05, 3.63) is 116 Å². The van der Waals surface area contributed by atoms with E-state index in [2.05, 4.69) is 15.2 Å². The summed E-state index contributed by atoms with van der Waals surface area (Å²) in [6, 6.07) is 9.88. The van der Waals surface area contributed by atoms with Crippen LogP contribution >= 0.6 is 22.9 Å². The minimum absolute atomic E-state index is 0.0171. The lowest BCUT2D eigenvalue weighted by molar-refractivity contribution is -0.142. The topological polar surface area (TPSA) is 137 Å². The van der Waals surface area contributed by atoms with Crippen molar-refractivity contribution >= 4 is 52.4 Å². The molecular formula is C38H34ClF3N6O6S. The van der Waals surface area contributed by atoms with Gasteiger partial charge in [-0.3, -0.25) is 19.6 Å². The number of aliphatic imine (C=N–C) groups is 1. The number of aliphatic carboxylic acids is 1. The van der Waals surface area contributed by atoms with Gasteiger partial charge in [-0.25, -0.2) is 27.7 Å². The maximum atomic E-state index is 15.6. The van der Waals surface area contributed by atoms with Crippen molar-refractivity contribution in [2.24, 2.45) is 4.99 Å². The van der Waals surface area contributed by atoms with E-state index in [1.165, 1.54) is 73.6 Å². The second kappa shape index (κ2) is 15.0. The normalized spacial score (nSPS) is 18.9. The number of nitrogens with one attached hydrogen (secondary N) is 1. The Kier molecular flexibility index (Phi) is 10.3. The predicted octanol–water partition coefficient (Wildman–Crippen LogP) is 6.51. The Balaban J connectivity index is 1.09. The van der Waals surface area contributed by atoms with Crippen LogP contribution in [0.1, 0.15) is 36.0 Å². The molecule has 0 radical (unpaired) electrons. The minimum atomic E-state index is -1.33. The number of fused-ring (bicyclic) bond motifs is 1. The largest absolute Gasteiger partial charge is 0.481 e. The number of halogens is 4. The fourth-order valence-electron chi connectivity index (χ4n) is 6.80. The van der Waals surface area contributed by atoms with Gasteiger partial charge >= 0.3 is 18.0 Å². The van der Waals surface area contributed by atoms with Crippen LogP contribution in [0.15, 0.2) is 82.4 Å². The Morgan fingerprint density at radius 2 is 1.85 bits per heavy atom. The van der Waals surface area contributed by atoms with Crippen molar-refractivity contribution in [3.8, 4) is 11.5 Å². The second-order valence-corrected chi connectivity index (χ2v) is 15.0. The number of nitrogens with zero attached hydrogens (tertiary/aromatic N) is 5. The number of hydrogen-bond donors (Lipinski definition) is 2. The van der Waals surface area contributed by atoms with E-state index in [9.17, 15) is 28.3 Å². The third kappa shape index (κ3) is 7.36. The number of esters is 1. The summed E-state index contributed by atoms with van der Waals surface area (Å²) in [6.45, 7) is 4.40. The Morgan fingerprint density at radius 3 is 2.53 bits per heavy atom. The zero-order valence-electron chi connectivity index (χ0n) is 29.7. The number of urea groups is 1. The number of hydrogen-bond acceptors (Lipinski definition) is 10. The molecule has 17 heteroatoms. The fourth-order valence-corrected chi connectivity index (χ4v) is 7.66. The average molecular weight is 795 g/mol. The van der Waals surface area contributed by atoms with Crippen LogP contribution in [0.5, 0.6) is 11.5 Å². The molecule has 2 amide bonds. The van der Waals surface area contributed by atoms with E-state index in [0.29, 0.717) is 41.7 Å². The van der Waals surface area contributed by atoms with Crippen molar-refractivity contribution in [1.29, 1.82) is 0 Å². The number of carbonyl (C=O) groups excluding carboxylic acids is 2. The highest BCUT2D eigenvalue weighted by Crippen LogP contribution is 2.38. The van der Waals surface area contributed by atoms with Gasteiger partial charge in [-0.05, 0) is 55.8 Å². The van der Waals surface area contributed by atoms with Gasteiger partial charge < -0.3 is 24.8 Å². The van der Waals surface area contributed by atoms with E-state index in [0.717, 1.165) is 18.2 Å². The summed E-state index contributed by atoms with van der Waals surface area (Å²) in [5.41, 5.74) is -0.0145. The van der Waals surface area contributed by atoms with E-state index in [1.807, 2.05) is 0 Å². The van der Waals surface area contributed by atoms with Crippen LogP contribution in [0, 0.1) is 17.5 Å². The van der Waals surface area contributed by atoms with E-state index in [4.69, 9.17) is 26.1 Å². The van der Waals surface area contributed by atoms with Crippen LogP contribution in [0.25, 0.3) is 0 Å². The highest BCUT2D eigenvalue weighted by Gasteiger charge is 2.43. The summed E-state index contributed by atoms with van der Waals surface area (Å²) >= 11 is 7.82. The molecule has 4 heterocycles. The van der Waals surface area contributed by atoms with Gasteiger partial charge in [0.25, 0.3) is 0 Å². The van der Waals surface area contributed by atoms with Crippen molar-refractivity contribution in [2.75, 3.05) is 44.7 Å². The molecule has 0 unspecified atom stereocenters. The van der Waals surface area contributed by atoms with Gasteiger partial charge in [0.2, 0.25) is 0 Å². The smallest absolute Gasteiger partial charge is 0.338 e. The first-order chi connectivity index (χ1) is 26.2. The number of carbonyl (C=O) groups is 3. The van der Waals surface area contributed by atoms with Crippen molar-refractivity contribution in [1.82, 2.24) is 20.1 Å². The Labute approximate surface area is 322 Å². The van der Waals surface area contributed by atoms with Crippen LogP contribution in [0.3, 0.4) is 0 Å². The lowest BCUT2D eigenvalue weighted by Crippen LogP contribution is -2.53. The van der Waals surface area contributed by atoms with Gasteiger partial charge in [-0.15, -0.1) is 11.3 Å². The molecule has 12 nitrogen and oxygen atoms in total. The maximum absolute atomic E-state index is 15.6. The standard InChI is InChI=1S/C38H34ClF3N6O6S/c1-38(2,36(50)51)20-4-9-30(27(42)14-20)54-23-6-8-29(26(41)16-23)48-18-22-17-46(11-12-47(22)37(48)52)19-28-31(35(49)53-3)32(24-7-5-21(40)15-25(24)39)45-33(44-28)34-43-10-13-55-34/h4-10,13-16,22,32H,11-12,17-19H2,1-3H3,(H,44,45)(H,50,51)/t22-,32-/m0/s1. The average Bonchev–Trinajstić information content (AvgIpc) is 3.80. The van der Waals surface area contributed by atoms with Crippen molar-refractivity contribution in [3.63, 3.8) is 0 Å². The van der Waals surface area contributed by atoms with Gasteiger partial charge in [-0.1, -0.05) is 23.7 Å². The number of rotatable bonds is 10. The summed E-state index contributed by atoms with van der Waals surface area (Å²) in [4.78, 5) is 52.8. The molecule has 2 atom stereocenters. The molecular weight excluding hydrogens is 761 g/mol. The molecule has 3 aromatic carbocycles. The lowest BCUT2D eigenvalue weighted by Gasteiger charge is -2.38. The fraction of sp³-hybridized carbons (Fsp3) is 0.289. The SMILES string of the molecule is COC(=O)C1=C(CN2CCN3C(=O)N(c4ccc(Oc5ccc(C(C)(C)C(=O)O)cc5F)cc4F)C[C@@H]3C2)NC(c2nccs2)=N[C@H]1c1ccc(F)cc1Cl. The highest BCUT2D eigenvalue weighted by molar-refractivity contribution is 7.11. The number of anilines is 1. The summed E-state index contributed by atoms with van der Waals surface area (Å²) in [5, 5.41) is 15.2. The van der Waals surface area contributed by atoms with Crippen LogP contribution in [0.2, 0.25) is 5.02 Å². The number of aromatic nitrogens is 1. The van der Waals surface area contributed by atoms with Crippen LogP contribution < -0.4 is 15.0 Å². The lowest BCUT2D eigenvalue weighted by atomic mass is 9.85. The third-order valence-electron chi connectivity index (χ3n) is 9.87. The molecule has 2 saturated heterocycles. The first kappa shape index (κ1) is 37.8. The summed E-state index contributed by atoms with van der Waals surface area (Å²) in [7, 11) is 1.26. The number of amidine groups is 1. The number of carboxylic acid groups (broad SMARTS) is 1. The Bertz CT molecular complexity index is 2250. The van der Waals surface area contributed by atoms with E-state index < -0.39 is 40.8 Å². The highest BCUT2D eigenvalue weighted by atomic mass is 35.5. The number of ether oxygens (including phenoxy) is 2. The third-order valence-corrected chi connectivity index (χ3v) is 11.0. The van der Waals surface area contributed by atoms with Gasteiger partial charge in [0, 0.05) is 66.7 Å². The number of piperazine rings is 1. The van der Waals surface area contributed by atoms with Crippen LogP contribution in [0.4, 0.5) is 23.7 Å². The number of thiazole rings is 1. The van der Waals surface area contributed by atoms with Gasteiger partial charge in [-0.2, -0.15) is 0 Å². The monoisotopic (exact) mass is 794 g/mol. The molecule has 0 bridgehead atoms. The van der Waals surface area contributed by atoms with E-state index >= 15 is 4.39 Å². The Morgan fingerprint density at radius 1 is 1.05 bits per heavy atom. The van der Waals surface area contributed by atoms with Crippen molar-refractivity contribution in [2.45, 2.75) is 31.3 Å². The molecule has 3 aliphatic rings. The quantitative estimate of drug-likeness (QED) is 0.172. The molecule has 0 saturated carbocycles. The van der Waals surface area contributed by atoms with E-state index in [-0.39, 0.29) is 58.5 Å². The maximum Gasteiger partial charge on any atom is 0.338 e. The molecule has 3 aliphatic heterocycles. The van der Waals surface area contributed by atoms with Gasteiger partial charge in [0.05, 0.1) is 29.8 Å². The van der Waals surface area contributed by atoms with E-state index in [1.54, 1.807) is 16.5 Å². The molecule has 2 N–H and O–H groups in total. The van der Waals surface area contributed by atoms with Crippen LogP contribution in [-0.2, 0) is 19.7 Å². The number of amides is 2. The van der Waals surface area contributed by atoms with Gasteiger partial charge in [0.1, 0.15) is 17.6 Å². The summed E-state index contributed by atoms with van der Waals surface area (Å²) in [6.07, 6.45) is 1.62. The minimum Gasteiger partial charge on any atom is -0.481 e. The zero-order valence-corrected chi connectivity index (χ0v) is 31.3. The Hall–Kier alpha value is -5.45. The molecule has 4 aromatic rings. The molecule has 2 fully saturated rings. The summed E-state index contributed by atoms with van der Waals surface area (Å²) < 4.78 is 55.4. The van der Waals surface area contributed by atoms with Crippen molar-refractivity contribution < 1.29 is 42.1 Å². The zero-order chi connectivity index (χ0) is 39.2. The number of carboxylic acids is 1.